The molecule has 0 spiro atoms. The molecule has 0 radical (unpaired) electrons. The number of benzene rings is 3. The fourth-order valence-electron chi connectivity index (χ4n) is 3.58. The van der Waals surface area contributed by atoms with E-state index in [-0.39, 0.29) is 0 Å². The fourth-order valence-corrected chi connectivity index (χ4v) is 3.58. The Bertz CT molecular complexity index is 1120. The first-order valence-corrected chi connectivity index (χ1v) is 10.2. The first-order valence-electron chi connectivity index (χ1n) is 10.2. The van der Waals surface area contributed by atoms with Crippen LogP contribution < -0.4 is 10.5 Å². The summed E-state index contributed by atoms with van der Waals surface area (Å²) in [5, 5.41) is 0. The van der Waals surface area contributed by atoms with Crippen LogP contribution in [0.25, 0.3) is 11.5 Å². The van der Waals surface area contributed by atoms with Gasteiger partial charge in [0, 0.05) is 17.7 Å². The molecule has 0 fully saturated rings. The highest BCUT2D eigenvalue weighted by Crippen LogP contribution is 2.27. The largest absolute Gasteiger partial charge is 0.489 e. The molecule has 1 heterocycles. The van der Waals surface area contributed by atoms with Gasteiger partial charge in [-0.15, -0.1) is 0 Å². The molecule has 0 unspecified atom stereocenters. The van der Waals surface area contributed by atoms with Crippen LogP contribution in [-0.4, -0.2) is 4.98 Å². The summed E-state index contributed by atoms with van der Waals surface area (Å²) in [6.07, 6.45) is 1.61. The molecule has 0 saturated carbocycles. The zero-order valence-corrected chi connectivity index (χ0v) is 17.4. The Hall–Kier alpha value is -3.53. The highest BCUT2D eigenvalue weighted by Gasteiger charge is 2.14. The van der Waals surface area contributed by atoms with Gasteiger partial charge in [-0.3, -0.25) is 0 Å². The van der Waals surface area contributed by atoms with Crippen molar-refractivity contribution < 1.29 is 9.15 Å². The summed E-state index contributed by atoms with van der Waals surface area (Å²) >= 11 is 0. The minimum absolute atomic E-state index is 0.544. The molecule has 1 aromatic heterocycles. The summed E-state index contributed by atoms with van der Waals surface area (Å²) in [4.78, 5) is 4.76. The number of hydrogen-bond acceptors (Lipinski definition) is 4. The number of hydrogen-bond donors (Lipinski definition) is 1. The predicted octanol–water partition coefficient (Wildman–Crippen LogP) is 5.96. The van der Waals surface area contributed by atoms with Gasteiger partial charge in [0.25, 0.3) is 0 Å². The number of nitrogens with zero attached hydrogens (tertiary/aromatic N) is 1. The molecular formula is C26H26N2O2. The van der Waals surface area contributed by atoms with Gasteiger partial charge in [0.1, 0.15) is 18.1 Å². The van der Waals surface area contributed by atoms with Gasteiger partial charge in [-0.25, -0.2) is 4.98 Å². The third kappa shape index (κ3) is 4.38. The van der Waals surface area contributed by atoms with Crippen molar-refractivity contribution in [2.45, 2.75) is 33.3 Å². The Morgan fingerprint density at radius 2 is 1.70 bits per heavy atom. The molecule has 0 bridgehead atoms. The number of nitrogens with two attached hydrogens (primary N) is 1. The lowest BCUT2D eigenvalue weighted by Gasteiger charge is -2.09. The second kappa shape index (κ2) is 8.87. The van der Waals surface area contributed by atoms with E-state index in [4.69, 9.17) is 19.9 Å². The molecule has 4 nitrogen and oxygen atoms in total. The lowest BCUT2D eigenvalue weighted by atomic mass is 9.99. The van der Waals surface area contributed by atoms with Gasteiger partial charge in [0.2, 0.25) is 5.89 Å². The molecule has 2 N–H and O–H groups in total. The molecular weight excluding hydrogens is 372 g/mol. The van der Waals surface area contributed by atoms with Crippen LogP contribution in [0.4, 0.5) is 5.69 Å². The van der Waals surface area contributed by atoms with E-state index in [1.165, 1.54) is 11.1 Å². The summed E-state index contributed by atoms with van der Waals surface area (Å²) in [6, 6.07) is 24.0. The first kappa shape index (κ1) is 19.8. The van der Waals surface area contributed by atoms with Crippen LogP contribution in [0, 0.1) is 6.92 Å². The first-order chi connectivity index (χ1) is 14.6. The van der Waals surface area contributed by atoms with Crippen molar-refractivity contribution in [3.05, 3.63) is 101 Å². The zero-order chi connectivity index (χ0) is 20.9. The van der Waals surface area contributed by atoms with E-state index in [1.807, 2.05) is 61.5 Å². The van der Waals surface area contributed by atoms with Crippen molar-refractivity contribution >= 4 is 5.69 Å². The number of ether oxygens (including phenoxy) is 1. The summed E-state index contributed by atoms with van der Waals surface area (Å²) in [7, 11) is 0. The van der Waals surface area contributed by atoms with Crippen molar-refractivity contribution in [2.24, 2.45) is 0 Å². The molecule has 0 atom stereocenters. The van der Waals surface area contributed by atoms with Crippen LogP contribution in [0.3, 0.4) is 0 Å². The SMILES string of the molecule is CCc1c(N)cccc1Cc1nc(-c2ccc(OCc3ccccc3)cc2)oc1C. The van der Waals surface area contributed by atoms with E-state index in [1.54, 1.807) is 0 Å². The topological polar surface area (TPSA) is 61.3 Å². The Balaban J connectivity index is 1.48. The third-order valence-corrected chi connectivity index (χ3v) is 5.26. The van der Waals surface area contributed by atoms with Crippen LogP contribution in [0.15, 0.2) is 77.2 Å². The number of rotatable bonds is 7. The molecule has 0 amide bonds. The highest BCUT2D eigenvalue weighted by molar-refractivity contribution is 5.56. The Labute approximate surface area is 177 Å². The van der Waals surface area contributed by atoms with Crippen molar-refractivity contribution in [2.75, 3.05) is 5.73 Å². The van der Waals surface area contributed by atoms with E-state index < -0.39 is 0 Å². The van der Waals surface area contributed by atoms with Gasteiger partial charge in [0.15, 0.2) is 0 Å². The van der Waals surface area contributed by atoms with Crippen LogP contribution in [0.5, 0.6) is 5.75 Å². The number of anilines is 1. The normalized spacial score (nSPS) is 10.9. The van der Waals surface area contributed by atoms with Crippen LogP contribution in [0.2, 0.25) is 0 Å². The summed E-state index contributed by atoms with van der Waals surface area (Å²) < 4.78 is 11.8. The van der Waals surface area contributed by atoms with Gasteiger partial charge in [-0.05, 0) is 60.4 Å². The van der Waals surface area contributed by atoms with Crippen molar-refractivity contribution in [1.82, 2.24) is 4.98 Å². The lowest BCUT2D eigenvalue weighted by molar-refractivity contribution is 0.306. The molecule has 0 aliphatic carbocycles. The molecule has 30 heavy (non-hydrogen) atoms. The van der Waals surface area contributed by atoms with Gasteiger partial charge in [-0.1, -0.05) is 49.4 Å². The van der Waals surface area contributed by atoms with Crippen LogP contribution in [0.1, 0.15) is 35.1 Å². The average molecular weight is 399 g/mol. The number of aromatic nitrogens is 1. The van der Waals surface area contributed by atoms with Crippen molar-refractivity contribution in [3.63, 3.8) is 0 Å². The molecule has 0 aliphatic heterocycles. The zero-order valence-electron chi connectivity index (χ0n) is 17.4. The Morgan fingerprint density at radius 3 is 2.43 bits per heavy atom. The lowest BCUT2D eigenvalue weighted by Crippen LogP contribution is -2.00. The summed E-state index contributed by atoms with van der Waals surface area (Å²) in [5.41, 5.74) is 12.4. The highest BCUT2D eigenvalue weighted by atomic mass is 16.5. The number of oxazole rings is 1. The number of nitrogen functional groups attached to an aromatic ring is 1. The smallest absolute Gasteiger partial charge is 0.226 e. The monoisotopic (exact) mass is 398 g/mol. The van der Waals surface area contributed by atoms with Crippen LogP contribution in [-0.2, 0) is 19.4 Å². The predicted molar refractivity (Wildman–Crippen MR) is 120 cm³/mol. The van der Waals surface area contributed by atoms with E-state index in [2.05, 4.69) is 25.1 Å². The third-order valence-electron chi connectivity index (χ3n) is 5.26. The maximum atomic E-state index is 6.14. The second-order valence-electron chi connectivity index (χ2n) is 7.34. The van der Waals surface area contributed by atoms with Crippen molar-refractivity contribution in [1.29, 1.82) is 0 Å². The average Bonchev–Trinajstić information content (AvgIpc) is 3.14. The maximum absolute atomic E-state index is 6.14. The Kier molecular flexibility index (Phi) is 5.84. The molecule has 3 aromatic carbocycles. The minimum Gasteiger partial charge on any atom is -0.489 e. The van der Waals surface area contributed by atoms with Gasteiger partial charge < -0.3 is 14.9 Å². The summed E-state index contributed by atoms with van der Waals surface area (Å²) in [6.45, 7) is 4.63. The van der Waals surface area contributed by atoms with Crippen molar-refractivity contribution in [3.8, 4) is 17.2 Å². The molecule has 4 aromatic rings. The standard InChI is InChI=1S/C26H26N2O2/c1-3-23-21(10-7-11-24(23)27)16-25-18(2)30-26(28-25)20-12-14-22(15-13-20)29-17-19-8-5-4-6-9-19/h4-15H,3,16-17,27H2,1-2H3. The van der Waals surface area contributed by atoms with Crippen LogP contribution >= 0.6 is 0 Å². The molecule has 0 saturated heterocycles. The van der Waals surface area contributed by atoms with Gasteiger partial charge >= 0.3 is 0 Å². The molecule has 152 valence electrons. The van der Waals surface area contributed by atoms with E-state index in [9.17, 15) is 0 Å². The molecule has 4 heteroatoms. The van der Waals surface area contributed by atoms with Gasteiger partial charge in [-0.2, -0.15) is 0 Å². The quantitative estimate of drug-likeness (QED) is 0.390. The fraction of sp³-hybridized carbons (Fsp3) is 0.192. The minimum atomic E-state index is 0.544. The molecule has 0 aliphatic rings. The molecule has 4 rings (SSSR count). The Morgan fingerprint density at radius 1 is 0.933 bits per heavy atom. The van der Waals surface area contributed by atoms with E-state index >= 15 is 0 Å². The van der Waals surface area contributed by atoms with Gasteiger partial charge in [0.05, 0.1) is 5.69 Å². The number of aryl methyl sites for hydroxylation is 1. The second-order valence-corrected chi connectivity index (χ2v) is 7.34. The van der Waals surface area contributed by atoms with E-state index in [0.717, 1.165) is 40.4 Å². The maximum Gasteiger partial charge on any atom is 0.226 e. The van der Waals surface area contributed by atoms with E-state index in [0.29, 0.717) is 18.9 Å². The summed E-state index contributed by atoms with van der Waals surface area (Å²) in [5.74, 6) is 2.27.